The molecule has 1 atom stereocenters. The van der Waals surface area contributed by atoms with Crippen LogP contribution in [0.25, 0.3) is 0 Å². The Hall–Kier alpha value is -0.580. The first kappa shape index (κ1) is 11.5. The van der Waals surface area contributed by atoms with Crippen molar-refractivity contribution in [2.24, 2.45) is 0 Å². The summed E-state index contributed by atoms with van der Waals surface area (Å²) in [6.45, 7) is 4.51. The van der Waals surface area contributed by atoms with Crippen LogP contribution in [-0.2, 0) is 4.79 Å². The van der Waals surface area contributed by atoms with Gasteiger partial charge in [-0.25, -0.2) is 0 Å². The highest BCUT2D eigenvalue weighted by atomic mass is 127. The third-order valence-corrected chi connectivity index (χ3v) is 2.91. The Kier molecular flexibility index (Phi) is 4.38. The minimum absolute atomic E-state index is 0.0439. The van der Waals surface area contributed by atoms with Crippen LogP contribution in [-0.4, -0.2) is 12.9 Å². The largest absolute Gasteiger partial charge is 0.494 e. The Bertz CT molecular complexity index is 323. The number of carbonyl (C=O) groups is 1. The van der Waals surface area contributed by atoms with Crippen LogP contribution in [0.4, 0.5) is 0 Å². The summed E-state index contributed by atoms with van der Waals surface area (Å²) in [4.78, 5) is 10.6. The molecule has 0 fully saturated rings. The van der Waals surface area contributed by atoms with Crippen molar-refractivity contribution in [3.8, 4) is 5.75 Å². The van der Waals surface area contributed by atoms with E-state index in [4.69, 9.17) is 4.74 Å². The van der Waals surface area contributed by atoms with E-state index in [1.165, 1.54) is 0 Å². The Morgan fingerprint density at radius 3 is 2.79 bits per heavy atom. The molecule has 1 aromatic carbocycles. The van der Waals surface area contributed by atoms with Gasteiger partial charge in [-0.15, -0.1) is 0 Å². The van der Waals surface area contributed by atoms with Crippen LogP contribution in [0.3, 0.4) is 0 Å². The maximum absolute atomic E-state index is 10.6. The third kappa shape index (κ3) is 2.70. The van der Waals surface area contributed by atoms with Crippen LogP contribution in [0.2, 0.25) is 0 Å². The highest BCUT2D eigenvalue weighted by Gasteiger charge is 2.08. The Morgan fingerprint density at radius 1 is 1.57 bits per heavy atom. The Balaban J connectivity index is 2.94. The van der Waals surface area contributed by atoms with Crippen molar-refractivity contribution < 1.29 is 9.53 Å². The molecule has 0 aromatic heterocycles. The predicted molar refractivity (Wildman–Crippen MR) is 64.8 cm³/mol. The van der Waals surface area contributed by atoms with E-state index in [0.29, 0.717) is 6.61 Å². The fraction of sp³-hybridized carbons (Fsp3) is 0.364. The first-order chi connectivity index (χ1) is 6.69. The van der Waals surface area contributed by atoms with Gasteiger partial charge < -0.3 is 9.53 Å². The molecule has 0 aliphatic heterocycles. The van der Waals surface area contributed by atoms with E-state index in [2.05, 4.69) is 22.6 Å². The number of hydrogen-bond acceptors (Lipinski definition) is 2. The second kappa shape index (κ2) is 5.34. The first-order valence-corrected chi connectivity index (χ1v) is 5.64. The molecule has 1 rings (SSSR count). The number of hydrogen-bond donors (Lipinski definition) is 0. The molecule has 2 nitrogen and oxygen atoms in total. The van der Waals surface area contributed by atoms with Gasteiger partial charge in [0.05, 0.1) is 6.61 Å². The number of benzene rings is 1. The van der Waals surface area contributed by atoms with E-state index in [-0.39, 0.29) is 5.92 Å². The van der Waals surface area contributed by atoms with Crippen LogP contribution in [0, 0.1) is 3.57 Å². The molecule has 0 N–H and O–H groups in total. The molecular weight excluding hydrogens is 291 g/mol. The average molecular weight is 304 g/mol. The minimum Gasteiger partial charge on any atom is -0.494 e. The molecule has 1 aromatic rings. The van der Waals surface area contributed by atoms with Gasteiger partial charge in [-0.2, -0.15) is 0 Å². The summed E-state index contributed by atoms with van der Waals surface area (Å²) in [5.41, 5.74) is 1.06. The minimum atomic E-state index is -0.0439. The molecule has 0 saturated carbocycles. The van der Waals surface area contributed by atoms with Gasteiger partial charge in [0.15, 0.2) is 0 Å². The predicted octanol–water partition coefficient (Wildman–Crippen LogP) is 2.99. The second-order valence-electron chi connectivity index (χ2n) is 3.04. The lowest BCUT2D eigenvalue weighted by molar-refractivity contribution is -0.108. The SMILES string of the molecule is CCOc1ccc(C(C)C=O)c(I)c1. The normalized spacial score (nSPS) is 12.2. The number of aldehydes is 1. The van der Waals surface area contributed by atoms with E-state index in [1.54, 1.807) is 0 Å². The van der Waals surface area contributed by atoms with E-state index >= 15 is 0 Å². The zero-order valence-corrected chi connectivity index (χ0v) is 10.4. The molecule has 0 radical (unpaired) electrons. The number of carbonyl (C=O) groups excluding carboxylic acids is 1. The molecule has 76 valence electrons. The molecular formula is C11H13IO2. The van der Waals surface area contributed by atoms with Crippen molar-refractivity contribution in [2.75, 3.05) is 6.61 Å². The number of halogens is 1. The fourth-order valence-corrected chi connectivity index (χ4v) is 2.18. The molecule has 1 unspecified atom stereocenters. The quantitative estimate of drug-likeness (QED) is 0.631. The third-order valence-electron chi connectivity index (χ3n) is 1.98. The van der Waals surface area contributed by atoms with Crippen LogP contribution >= 0.6 is 22.6 Å². The number of ether oxygens (including phenoxy) is 1. The van der Waals surface area contributed by atoms with Gasteiger partial charge in [0.25, 0.3) is 0 Å². The van der Waals surface area contributed by atoms with Crippen molar-refractivity contribution in [3.05, 3.63) is 27.3 Å². The summed E-state index contributed by atoms with van der Waals surface area (Å²) in [5, 5.41) is 0. The lowest BCUT2D eigenvalue weighted by Crippen LogP contribution is -1.99. The van der Waals surface area contributed by atoms with Gasteiger partial charge in [0.2, 0.25) is 0 Å². The lowest BCUT2D eigenvalue weighted by atomic mass is 10.0. The zero-order valence-electron chi connectivity index (χ0n) is 8.29. The monoisotopic (exact) mass is 304 g/mol. The van der Waals surface area contributed by atoms with E-state index < -0.39 is 0 Å². The van der Waals surface area contributed by atoms with Crippen molar-refractivity contribution in [3.63, 3.8) is 0 Å². The maximum Gasteiger partial charge on any atom is 0.127 e. The van der Waals surface area contributed by atoms with Gasteiger partial charge in [0.1, 0.15) is 12.0 Å². The fourth-order valence-electron chi connectivity index (χ4n) is 1.21. The van der Waals surface area contributed by atoms with Gasteiger partial charge in [0, 0.05) is 9.49 Å². The van der Waals surface area contributed by atoms with Crippen LogP contribution in [0.15, 0.2) is 18.2 Å². The summed E-state index contributed by atoms with van der Waals surface area (Å²) in [6.07, 6.45) is 0.956. The zero-order chi connectivity index (χ0) is 10.6. The summed E-state index contributed by atoms with van der Waals surface area (Å²) < 4.78 is 6.44. The highest BCUT2D eigenvalue weighted by Crippen LogP contribution is 2.24. The van der Waals surface area contributed by atoms with Gasteiger partial charge in [-0.1, -0.05) is 13.0 Å². The van der Waals surface area contributed by atoms with Crippen LogP contribution < -0.4 is 4.74 Å². The molecule has 0 aliphatic rings. The van der Waals surface area contributed by atoms with Crippen molar-refractivity contribution in [1.29, 1.82) is 0 Å². The Labute approximate surface area is 97.8 Å². The summed E-state index contributed by atoms with van der Waals surface area (Å²) in [6, 6.07) is 5.81. The van der Waals surface area contributed by atoms with Gasteiger partial charge in [-0.3, -0.25) is 0 Å². The summed E-state index contributed by atoms with van der Waals surface area (Å²) >= 11 is 2.23. The highest BCUT2D eigenvalue weighted by molar-refractivity contribution is 14.1. The van der Waals surface area contributed by atoms with Crippen molar-refractivity contribution >= 4 is 28.9 Å². The average Bonchev–Trinajstić information content (AvgIpc) is 2.17. The van der Waals surface area contributed by atoms with Crippen LogP contribution in [0.1, 0.15) is 25.3 Å². The van der Waals surface area contributed by atoms with Crippen LogP contribution in [0.5, 0.6) is 5.75 Å². The van der Waals surface area contributed by atoms with Gasteiger partial charge >= 0.3 is 0 Å². The molecule has 0 spiro atoms. The van der Waals surface area contributed by atoms with Crippen molar-refractivity contribution in [1.82, 2.24) is 0 Å². The lowest BCUT2D eigenvalue weighted by Gasteiger charge is -2.09. The molecule has 0 heterocycles. The molecule has 0 saturated heterocycles. The molecule has 0 aliphatic carbocycles. The Morgan fingerprint density at radius 2 is 2.29 bits per heavy atom. The topological polar surface area (TPSA) is 26.3 Å². The molecule has 0 bridgehead atoms. The molecule has 14 heavy (non-hydrogen) atoms. The van der Waals surface area contributed by atoms with Crippen molar-refractivity contribution in [2.45, 2.75) is 19.8 Å². The van der Waals surface area contributed by atoms with E-state index in [0.717, 1.165) is 21.2 Å². The molecule has 3 heteroatoms. The number of rotatable bonds is 4. The second-order valence-corrected chi connectivity index (χ2v) is 4.20. The first-order valence-electron chi connectivity index (χ1n) is 4.56. The summed E-state index contributed by atoms with van der Waals surface area (Å²) in [7, 11) is 0. The maximum atomic E-state index is 10.6. The standard InChI is InChI=1S/C11H13IO2/c1-3-14-9-4-5-10(8(2)7-13)11(12)6-9/h4-8H,3H2,1-2H3. The van der Waals surface area contributed by atoms with Gasteiger partial charge in [-0.05, 0) is 47.2 Å². The molecule has 0 amide bonds. The van der Waals surface area contributed by atoms with E-state index in [1.807, 2.05) is 32.0 Å². The van der Waals surface area contributed by atoms with E-state index in [9.17, 15) is 4.79 Å². The summed E-state index contributed by atoms with van der Waals surface area (Å²) in [5.74, 6) is 0.816. The smallest absolute Gasteiger partial charge is 0.127 e.